The molecule has 0 radical (unpaired) electrons. The molecule has 0 aliphatic heterocycles. The Morgan fingerprint density at radius 3 is 2.88 bits per heavy atom. The van der Waals surface area contributed by atoms with E-state index in [1.54, 1.807) is 6.20 Å². The summed E-state index contributed by atoms with van der Waals surface area (Å²) in [7, 11) is 0. The third kappa shape index (κ3) is 3.29. The van der Waals surface area contributed by atoms with Crippen molar-refractivity contribution in [3.05, 3.63) is 30.1 Å². The molecule has 0 spiro atoms. The lowest BCUT2D eigenvalue weighted by molar-refractivity contribution is 0.0319. The van der Waals surface area contributed by atoms with E-state index in [9.17, 15) is 0 Å². The highest BCUT2D eigenvalue weighted by molar-refractivity contribution is 5.08. The molecule has 2 N–H and O–H groups in total. The highest BCUT2D eigenvalue weighted by Crippen LogP contribution is 2.32. The Hall–Kier alpha value is -0.930. The van der Waals surface area contributed by atoms with Crippen LogP contribution in [0.2, 0.25) is 0 Å². The highest BCUT2D eigenvalue weighted by atomic mass is 16.5. The summed E-state index contributed by atoms with van der Waals surface area (Å²) in [6.07, 6.45) is 5.62. The molecule has 2 atom stereocenters. The first-order chi connectivity index (χ1) is 7.77. The van der Waals surface area contributed by atoms with Crippen molar-refractivity contribution in [2.24, 2.45) is 11.7 Å². The van der Waals surface area contributed by atoms with Gasteiger partial charge in [0.25, 0.3) is 0 Å². The van der Waals surface area contributed by atoms with Crippen LogP contribution >= 0.6 is 0 Å². The minimum absolute atomic E-state index is 0.0193. The molecule has 1 aromatic rings. The first kappa shape index (κ1) is 11.6. The zero-order valence-corrected chi connectivity index (χ0v) is 9.80. The van der Waals surface area contributed by atoms with Crippen molar-refractivity contribution in [3.63, 3.8) is 0 Å². The van der Waals surface area contributed by atoms with Crippen LogP contribution in [0.1, 0.15) is 38.0 Å². The number of ether oxygens (including phenoxy) is 1. The second-order valence-corrected chi connectivity index (χ2v) is 4.64. The predicted octanol–water partition coefficient (Wildman–Crippen LogP) is 2.29. The Labute approximate surface area is 97.0 Å². The molecule has 0 saturated heterocycles. The number of aromatic nitrogens is 1. The molecule has 1 aliphatic carbocycles. The lowest BCUT2D eigenvalue weighted by atomic mass is 10.1. The summed E-state index contributed by atoms with van der Waals surface area (Å²) in [4.78, 5) is 4.31. The molecule has 1 fully saturated rings. The van der Waals surface area contributed by atoms with Crippen LogP contribution in [0.5, 0.6) is 0 Å². The molecule has 3 heteroatoms. The molecule has 0 amide bonds. The summed E-state index contributed by atoms with van der Waals surface area (Å²) < 4.78 is 5.85. The van der Waals surface area contributed by atoms with Crippen molar-refractivity contribution in [1.82, 2.24) is 4.98 Å². The number of nitrogens with zero attached hydrogens (tertiary/aromatic N) is 1. The average Bonchev–Trinajstić information content (AvgIpc) is 3.09. The van der Waals surface area contributed by atoms with Crippen molar-refractivity contribution < 1.29 is 4.74 Å². The number of rotatable bonds is 6. The Kier molecular flexibility index (Phi) is 3.91. The lowest BCUT2D eigenvalue weighted by Crippen LogP contribution is -2.28. The van der Waals surface area contributed by atoms with Gasteiger partial charge in [0, 0.05) is 18.8 Å². The summed E-state index contributed by atoms with van der Waals surface area (Å²) in [5.41, 5.74) is 6.87. The molecule has 2 unspecified atom stereocenters. The van der Waals surface area contributed by atoms with E-state index in [2.05, 4.69) is 4.98 Å². The van der Waals surface area contributed by atoms with Crippen LogP contribution < -0.4 is 5.73 Å². The van der Waals surface area contributed by atoms with Gasteiger partial charge >= 0.3 is 0 Å². The van der Waals surface area contributed by atoms with E-state index in [-0.39, 0.29) is 12.1 Å². The maximum Gasteiger partial charge on any atom is 0.114 e. The topological polar surface area (TPSA) is 48.1 Å². The normalized spacial score (nSPS) is 19.4. The van der Waals surface area contributed by atoms with Crippen LogP contribution in [0.15, 0.2) is 24.4 Å². The maximum atomic E-state index is 5.94. The van der Waals surface area contributed by atoms with E-state index in [0.29, 0.717) is 0 Å². The fraction of sp³-hybridized carbons (Fsp3) is 0.615. The zero-order valence-electron chi connectivity index (χ0n) is 9.80. The second-order valence-electron chi connectivity index (χ2n) is 4.64. The molecule has 1 aliphatic rings. The third-order valence-corrected chi connectivity index (χ3v) is 2.98. The maximum absolute atomic E-state index is 5.94. The second kappa shape index (κ2) is 5.41. The standard InChI is InChI=1S/C13H20N2O/c1-10(14)13(12-4-2-3-8-15-12)16-9-7-11-5-6-11/h2-4,8,10-11,13H,5-7,9,14H2,1H3. The molecular weight excluding hydrogens is 200 g/mol. The van der Waals surface area contributed by atoms with Gasteiger partial charge in [-0.2, -0.15) is 0 Å². The van der Waals surface area contributed by atoms with Gasteiger partial charge in [0.15, 0.2) is 0 Å². The van der Waals surface area contributed by atoms with E-state index in [1.165, 1.54) is 12.8 Å². The fourth-order valence-corrected chi connectivity index (χ4v) is 1.82. The zero-order chi connectivity index (χ0) is 11.4. The molecule has 16 heavy (non-hydrogen) atoms. The molecule has 1 aromatic heterocycles. The van der Waals surface area contributed by atoms with E-state index >= 15 is 0 Å². The molecule has 88 valence electrons. The Balaban J connectivity index is 1.88. The molecule has 3 nitrogen and oxygen atoms in total. The molecule has 2 rings (SSSR count). The lowest BCUT2D eigenvalue weighted by Gasteiger charge is -2.20. The summed E-state index contributed by atoms with van der Waals surface area (Å²) in [5.74, 6) is 0.900. The van der Waals surface area contributed by atoms with Gasteiger partial charge in [-0.15, -0.1) is 0 Å². The van der Waals surface area contributed by atoms with Gasteiger partial charge in [0.05, 0.1) is 5.69 Å². The minimum atomic E-state index is -0.0695. The molecule has 0 bridgehead atoms. The van der Waals surface area contributed by atoms with Gasteiger partial charge in [-0.25, -0.2) is 0 Å². The Morgan fingerprint density at radius 1 is 1.50 bits per heavy atom. The average molecular weight is 220 g/mol. The van der Waals surface area contributed by atoms with Gasteiger partial charge < -0.3 is 10.5 Å². The van der Waals surface area contributed by atoms with Crippen LogP contribution in [0.25, 0.3) is 0 Å². The van der Waals surface area contributed by atoms with Gasteiger partial charge in [-0.3, -0.25) is 4.98 Å². The summed E-state index contributed by atoms with van der Waals surface area (Å²) in [6, 6.07) is 5.84. The number of hydrogen-bond acceptors (Lipinski definition) is 3. The molecule has 1 saturated carbocycles. The molecule has 1 heterocycles. The first-order valence-electron chi connectivity index (χ1n) is 6.05. The summed E-state index contributed by atoms with van der Waals surface area (Å²) >= 11 is 0. The summed E-state index contributed by atoms with van der Waals surface area (Å²) in [5, 5.41) is 0. The van der Waals surface area contributed by atoms with Crippen LogP contribution in [-0.2, 0) is 4.74 Å². The van der Waals surface area contributed by atoms with Crippen molar-refractivity contribution in [2.75, 3.05) is 6.61 Å². The first-order valence-corrected chi connectivity index (χ1v) is 6.05. The largest absolute Gasteiger partial charge is 0.370 e. The van der Waals surface area contributed by atoms with Gasteiger partial charge in [-0.05, 0) is 31.4 Å². The van der Waals surface area contributed by atoms with Crippen LogP contribution in [-0.4, -0.2) is 17.6 Å². The quantitative estimate of drug-likeness (QED) is 0.800. The minimum Gasteiger partial charge on any atom is -0.370 e. The van der Waals surface area contributed by atoms with Gasteiger partial charge in [0.2, 0.25) is 0 Å². The fourth-order valence-electron chi connectivity index (χ4n) is 1.82. The molecular formula is C13H20N2O. The third-order valence-electron chi connectivity index (χ3n) is 2.98. The van der Waals surface area contributed by atoms with E-state index in [4.69, 9.17) is 10.5 Å². The van der Waals surface area contributed by atoms with E-state index in [0.717, 1.165) is 24.6 Å². The van der Waals surface area contributed by atoms with Crippen molar-refractivity contribution in [2.45, 2.75) is 38.3 Å². The van der Waals surface area contributed by atoms with Crippen LogP contribution in [0.4, 0.5) is 0 Å². The van der Waals surface area contributed by atoms with Gasteiger partial charge in [0.1, 0.15) is 6.10 Å². The number of pyridine rings is 1. The Bertz CT molecular complexity index is 309. The Morgan fingerprint density at radius 2 is 2.31 bits per heavy atom. The highest BCUT2D eigenvalue weighted by Gasteiger charge is 2.23. The monoisotopic (exact) mass is 220 g/mol. The van der Waals surface area contributed by atoms with Crippen molar-refractivity contribution in [3.8, 4) is 0 Å². The SMILES string of the molecule is CC(N)C(OCCC1CC1)c1ccccn1. The van der Waals surface area contributed by atoms with Gasteiger partial charge in [-0.1, -0.05) is 18.9 Å². The van der Waals surface area contributed by atoms with Crippen molar-refractivity contribution >= 4 is 0 Å². The van der Waals surface area contributed by atoms with Crippen LogP contribution in [0.3, 0.4) is 0 Å². The summed E-state index contributed by atoms with van der Waals surface area (Å²) in [6.45, 7) is 2.77. The number of nitrogens with two attached hydrogens (primary N) is 1. The van der Waals surface area contributed by atoms with E-state index in [1.807, 2.05) is 25.1 Å². The van der Waals surface area contributed by atoms with Crippen molar-refractivity contribution in [1.29, 1.82) is 0 Å². The number of hydrogen-bond donors (Lipinski definition) is 1. The predicted molar refractivity (Wildman–Crippen MR) is 63.9 cm³/mol. The van der Waals surface area contributed by atoms with E-state index < -0.39 is 0 Å². The smallest absolute Gasteiger partial charge is 0.114 e. The molecule has 0 aromatic carbocycles. The van der Waals surface area contributed by atoms with Crippen LogP contribution in [0, 0.1) is 5.92 Å².